The number of hydrogen-bond donors (Lipinski definition) is 0. The molecule has 1 aliphatic rings. The van der Waals surface area contributed by atoms with Gasteiger partial charge in [-0.3, -0.25) is 0 Å². The summed E-state index contributed by atoms with van der Waals surface area (Å²) in [5, 5.41) is 0. The molecule has 3 nitrogen and oxygen atoms in total. The summed E-state index contributed by atoms with van der Waals surface area (Å²) in [6, 6.07) is 8.09. The summed E-state index contributed by atoms with van der Waals surface area (Å²) in [5.74, 6) is 0.466. The van der Waals surface area contributed by atoms with Crippen molar-refractivity contribution in [1.29, 1.82) is 0 Å². The number of benzene rings is 1. The smallest absolute Gasteiger partial charge is 0.212 e. The fourth-order valence-corrected chi connectivity index (χ4v) is 3.36. The molecule has 0 bridgehead atoms. The van der Waals surface area contributed by atoms with Crippen molar-refractivity contribution in [3.63, 3.8) is 0 Å². The van der Waals surface area contributed by atoms with Gasteiger partial charge in [-0.1, -0.05) is 31.2 Å². The average Bonchev–Trinajstić information content (AvgIpc) is 2.29. The van der Waals surface area contributed by atoms with Crippen LogP contribution in [0.5, 0.6) is 0 Å². The van der Waals surface area contributed by atoms with Crippen LogP contribution >= 0.6 is 0 Å². The highest BCUT2D eigenvalue weighted by Gasteiger charge is 2.28. The topological polar surface area (TPSA) is 37.4 Å². The number of nitrogens with zero attached hydrogens (tertiary/aromatic N) is 1. The highest BCUT2D eigenvalue weighted by molar-refractivity contribution is 7.89. The van der Waals surface area contributed by atoms with Crippen molar-refractivity contribution in [3.8, 4) is 0 Å². The van der Waals surface area contributed by atoms with Crippen molar-refractivity contribution in [2.75, 3.05) is 12.3 Å². The average molecular weight is 239 g/mol. The summed E-state index contributed by atoms with van der Waals surface area (Å²) in [4.78, 5) is 0. The molecule has 0 saturated carbocycles. The van der Waals surface area contributed by atoms with Gasteiger partial charge in [-0.15, -0.1) is 0 Å². The van der Waals surface area contributed by atoms with Gasteiger partial charge in [0.1, 0.15) is 0 Å². The lowest BCUT2D eigenvalue weighted by molar-refractivity contribution is 0.364. The largest absolute Gasteiger partial charge is 0.214 e. The van der Waals surface area contributed by atoms with Crippen LogP contribution in [0.25, 0.3) is 0 Å². The Bertz CT molecular complexity index is 482. The number of fused-ring (bicyclic) bond motifs is 1. The van der Waals surface area contributed by atoms with Crippen LogP contribution in [0.4, 0.5) is 0 Å². The molecule has 1 aromatic rings. The van der Waals surface area contributed by atoms with Gasteiger partial charge in [-0.2, -0.15) is 4.31 Å². The summed E-state index contributed by atoms with van der Waals surface area (Å²) in [7, 11) is -3.06. The zero-order valence-electron chi connectivity index (χ0n) is 9.68. The van der Waals surface area contributed by atoms with E-state index >= 15 is 0 Å². The molecule has 0 saturated heterocycles. The van der Waals surface area contributed by atoms with Gasteiger partial charge in [0.05, 0.1) is 5.75 Å². The molecule has 2 rings (SSSR count). The van der Waals surface area contributed by atoms with E-state index in [1.807, 2.05) is 18.2 Å². The molecule has 1 aliphatic heterocycles. The van der Waals surface area contributed by atoms with Crippen LogP contribution < -0.4 is 0 Å². The van der Waals surface area contributed by atoms with Gasteiger partial charge in [-0.05, 0) is 24.0 Å². The Labute approximate surface area is 97.1 Å². The van der Waals surface area contributed by atoms with Gasteiger partial charge >= 0.3 is 0 Å². The zero-order valence-corrected chi connectivity index (χ0v) is 10.5. The standard InChI is InChI=1S/C12H17NO2S/c1-3-16(14,15)13-8-10(2)12-7-5-4-6-11(12)9-13/h4-7,10H,3,8-9H2,1-2H3. The van der Waals surface area contributed by atoms with E-state index in [2.05, 4.69) is 13.0 Å². The zero-order chi connectivity index (χ0) is 11.8. The van der Waals surface area contributed by atoms with E-state index in [4.69, 9.17) is 0 Å². The monoisotopic (exact) mass is 239 g/mol. The number of hydrogen-bond acceptors (Lipinski definition) is 2. The van der Waals surface area contributed by atoms with Crippen LogP contribution in [-0.4, -0.2) is 25.0 Å². The van der Waals surface area contributed by atoms with Crippen molar-refractivity contribution >= 4 is 10.0 Å². The highest BCUT2D eigenvalue weighted by Crippen LogP contribution is 2.29. The SMILES string of the molecule is CCS(=O)(=O)N1Cc2ccccc2C(C)C1. The van der Waals surface area contributed by atoms with Crippen LogP contribution in [0.2, 0.25) is 0 Å². The minimum Gasteiger partial charge on any atom is -0.212 e. The maximum Gasteiger partial charge on any atom is 0.214 e. The van der Waals surface area contributed by atoms with Crippen LogP contribution in [-0.2, 0) is 16.6 Å². The summed E-state index contributed by atoms with van der Waals surface area (Å²) in [5.41, 5.74) is 2.42. The lowest BCUT2D eigenvalue weighted by atomic mass is 9.92. The normalized spacial score (nSPS) is 21.8. The van der Waals surface area contributed by atoms with Crippen LogP contribution in [0.3, 0.4) is 0 Å². The maximum absolute atomic E-state index is 11.8. The molecule has 88 valence electrons. The molecule has 0 N–H and O–H groups in total. The molecule has 1 heterocycles. The van der Waals surface area contributed by atoms with Gasteiger partial charge in [0.2, 0.25) is 10.0 Å². The Kier molecular flexibility index (Phi) is 3.04. The van der Waals surface area contributed by atoms with Gasteiger partial charge in [-0.25, -0.2) is 8.42 Å². The molecular formula is C12H17NO2S. The quantitative estimate of drug-likeness (QED) is 0.791. The Hall–Kier alpha value is -0.870. The number of rotatable bonds is 2. The summed E-state index contributed by atoms with van der Waals surface area (Å²) in [6.07, 6.45) is 0. The van der Waals surface area contributed by atoms with Gasteiger partial charge in [0.25, 0.3) is 0 Å². The fourth-order valence-electron chi connectivity index (χ4n) is 2.21. The van der Waals surface area contributed by atoms with Crippen LogP contribution in [0, 0.1) is 0 Å². The lowest BCUT2D eigenvalue weighted by Gasteiger charge is -2.31. The van der Waals surface area contributed by atoms with Crippen LogP contribution in [0.1, 0.15) is 30.9 Å². The maximum atomic E-state index is 11.8. The molecular weight excluding hydrogens is 222 g/mol. The molecule has 1 atom stereocenters. The first-order valence-corrected chi connectivity index (χ1v) is 7.21. The third-order valence-electron chi connectivity index (χ3n) is 3.17. The molecule has 0 spiro atoms. The van der Waals surface area contributed by atoms with E-state index in [0.717, 1.165) is 5.56 Å². The molecule has 0 aliphatic carbocycles. The Morgan fingerprint density at radius 3 is 2.75 bits per heavy atom. The highest BCUT2D eigenvalue weighted by atomic mass is 32.2. The van der Waals surface area contributed by atoms with Crippen molar-refractivity contribution in [3.05, 3.63) is 35.4 Å². The van der Waals surface area contributed by atoms with Crippen molar-refractivity contribution in [2.45, 2.75) is 26.3 Å². The molecule has 1 aromatic carbocycles. The Balaban J connectivity index is 2.35. The van der Waals surface area contributed by atoms with Gasteiger partial charge in [0.15, 0.2) is 0 Å². The Morgan fingerprint density at radius 2 is 2.06 bits per heavy atom. The lowest BCUT2D eigenvalue weighted by Crippen LogP contribution is -2.38. The van der Waals surface area contributed by atoms with Gasteiger partial charge in [0, 0.05) is 13.1 Å². The third-order valence-corrected chi connectivity index (χ3v) is 4.96. The van der Waals surface area contributed by atoms with Crippen LogP contribution in [0.15, 0.2) is 24.3 Å². The third kappa shape index (κ3) is 1.99. The molecule has 0 aromatic heterocycles. The second-order valence-corrected chi connectivity index (χ2v) is 6.55. The van der Waals surface area contributed by atoms with Crippen molar-refractivity contribution < 1.29 is 8.42 Å². The first kappa shape index (κ1) is 11.6. The predicted octanol–water partition coefficient (Wildman–Crippen LogP) is 1.96. The molecule has 0 amide bonds. The first-order chi connectivity index (χ1) is 7.54. The van der Waals surface area contributed by atoms with Crippen molar-refractivity contribution in [2.24, 2.45) is 0 Å². The van der Waals surface area contributed by atoms with E-state index < -0.39 is 10.0 Å². The summed E-state index contributed by atoms with van der Waals surface area (Å²) >= 11 is 0. The molecule has 0 radical (unpaired) electrons. The first-order valence-electron chi connectivity index (χ1n) is 5.60. The van der Waals surface area contributed by atoms with E-state index in [-0.39, 0.29) is 11.7 Å². The predicted molar refractivity (Wildman–Crippen MR) is 64.7 cm³/mol. The minimum absolute atomic E-state index is 0.182. The van der Waals surface area contributed by atoms with E-state index in [1.165, 1.54) is 5.56 Å². The number of sulfonamides is 1. The summed E-state index contributed by atoms with van der Waals surface area (Å²) in [6.45, 7) is 4.90. The fraction of sp³-hybridized carbons (Fsp3) is 0.500. The Morgan fingerprint density at radius 1 is 1.38 bits per heavy atom. The second-order valence-electron chi connectivity index (χ2n) is 4.29. The minimum atomic E-state index is -3.06. The summed E-state index contributed by atoms with van der Waals surface area (Å²) < 4.78 is 25.3. The van der Waals surface area contributed by atoms with E-state index in [1.54, 1.807) is 11.2 Å². The second kappa shape index (κ2) is 4.18. The van der Waals surface area contributed by atoms with E-state index in [9.17, 15) is 8.42 Å². The van der Waals surface area contributed by atoms with E-state index in [0.29, 0.717) is 13.1 Å². The molecule has 0 fully saturated rings. The van der Waals surface area contributed by atoms with Gasteiger partial charge < -0.3 is 0 Å². The molecule has 16 heavy (non-hydrogen) atoms. The molecule has 1 unspecified atom stereocenters. The van der Waals surface area contributed by atoms with Crippen molar-refractivity contribution in [1.82, 2.24) is 4.31 Å². The molecule has 4 heteroatoms.